The van der Waals surface area contributed by atoms with Crippen LogP contribution in [0.3, 0.4) is 0 Å². The SMILES string of the molecule is COc1c(C)cc2c(c1O)[C@@H]1C3Cc4c(OC(C)=O)c(C)c5c(c4[C@H](CN)N3[C@@H](C#N)[C@@H](C2)N1C)OCO5. The molecule has 10 nitrogen and oxygen atoms in total. The van der Waals surface area contributed by atoms with Crippen LogP contribution in [0, 0.1) is 25.2 Å². The smallest absolute Gasteiger partial charge is 0.308 e. The third kappa shape index (κ3) is 3.19. The number of phenolic OH excluding ortho intramolecular Hbond substituents is 1. The van der Waals surface area contributed by atoms with Gasteiger partial charge in [-0.1, -0.05) is 6.07 Å². The normalized spacial score (nSPS) is 27.1. The van der Waals surface area contributed by atoms with E-state index in [9.17, 15) is 15.2 Å². The second kappa shape index (κ2) is 8.76. The van der Waals surface area contributed by atoms with Crippen LogP contribution >= 0.6 is 0 Å². The predicted octanol–water partition coefficient (Wildman–Crippen LogP) is 2.40. The maximum atomic E-state index is 12.2. The maximum Gasteiger partial charge on any atom is 0.308 e. The number of aryl methyl sites for hydroxylation is 1. The summed E-state index contributed by atoms with van der Waals surface area (Å²) >= 11 is 0. The number of carbonyl (C=O) groups excluding carboxylic acids is 1. The Morgan fingerprint density at radius 2 is 1.95 bits per heavy atom. The van der Waals surface area contributed by atoms with Crippen molar-refractivity contribution in [1.82, 2.24) is 9.80 Å². The van der Waals surface area contributed by atoms with E-state index in [0.717, 1.165) is 27.8 Å². The van der Waals surface area contributed by atoms with Crippen molar-refractivity contribution in [3.63, 3.8) is 0 Å². The minimum Gasteiger partial charge on any atom is -0.504 e. The Hall–Kier alpha value is -3.52. The molecule has 4 aliphatic rings. The molecule has 1 unspecified atom stereocenters. The quantitative estimate of drug-likeness (QED) is 0.459. The van der Waals surface area contributed by atoms with Gasteiger partial charge in [0.2, 0.25) is 6.79 Å². The molecule has 200 valence electrons. The molecule has 6 rings (SSSR count). The first-order valence-electron chi connectivity index (χ1n) is 12.8. The van der Waals surface area contributed by atoms with Gasteiger partial charge in [-0.2, -0.15) is 5.26 Å². The van der Waals surface area contributed by atoms with Gasteiger partial charge in [0.15, 0.2) is 23.0 Å². The molecular weight excluding hydrogens is 488 g/mol. The molecule has 38 heavy (non-hydrogen) atoms. The number of fused-ring (bicyclic) bond motifs is 9. The molecule has 4 heterocycles. The van der Waals surface area contributed by atoms with Crippen molar-refractivity contribution >= 4 is 5.97 Å². The summed E-state index contributed by atoms with van der Waals surface area (Å²) in [6.07, 6.45) is 1.07. The second-order valence-electron chi connectivity index (χ2n) is 10.6. The molecule has 2 aromatic carbocycles. The van der Waals surface area contributed by atoms with E-state index >= 15 is 0 Å². The topological polar surface area (TPSA) is 131 Å². The summed E-state index contributed by atoms with van der Waals surface area (Å²) < 4.78 is 23.1. The van der Waals surface area contributed by atoms with Crippen LogP contribution in [-0.2, 0) is 17.6 Å². The fourth-order valence-corrected chi connectivity index (χ4v) is 7.34. The lowest BCUT2D eigenvalue weighted by Gasteiger charge is -2.59. The maximum absolute atomic E-state index is 12.2. The summed E-state index contributed by atoms with van der Waals surface area (Å²) in [5.74, 6) is 1.75. The number of hydrogen-bond donors (Lipinski definition) is 2. The number of nitriles is 1. The zero-order valence-corrected chi connectivity index (χ0v) is 22.2. The van der Waals surface area contributed by atoms with Gasteiger partial charge in [0.25, 0.3) is 0 Å². The Labute approximate surface area is 221 Å². The number of esters is 1. The van der Waals surface area contributed by atoms with Gasteiger partial charge in [0, 0.05) is 47.8 Å². The fraction of sp³-hybridized carbons (Fsp3) is 0.500. The van der Waals surface area contributed by atoms with E-state index in [-0.39, 0.29) is 43.3 Å². The first kappa shape index (κ1) is 24.8. The fourth-order valence-electron chi connectivity index (χ4n) is 7.34. The Morgan fingerprint density at radius 1 is 1.21 bits per heavy atom. The number of phenols is 1. The first-order chi connectivity index (χ1) is 18.2. The van der Waals surface area contributed by atoms with Gasteiger partial charge >= 0.3 is 5.97 Å². The Bertz CT molecular complexity index is 1400. The van der Waals surface area contributed by atoms with Crippen LogP contribution in [0.25, 0.3) is 0 Å². The highest BCUT2D eigenvalue weighted by Crippen LogP contribution is 2.58. The molecular formula is C28H32N4O6. The van der Waals surface area contributed by atoms with Gasteiger partial charge in [0.05, 0.1) is 25.3 Å². The molecule has 4 aliphatic heterocycles. The average molecular weight is 521 g/mol. The van der Waals surface area contributed by atoms with Gasteiger partial charge < -0.3 is 29.8 Å². The van der Waals surface area contributed by atoms with E-state index < -0.39 is 12.0 Å². The zero-order valence-electron chi connectivity index (χ0n) is 22.2. The summed E-state index contributed by atoms with van der Waals surface area (Å²) in [4.78, 5) is 16.6. The number of piperazine rings is 1. The molecule has 5 atom stereocenters. The van der Waals surface area contributed by atoms with Crippen molar-refractivity contribution in [3.05, 3.63) is 39.4 Å². The van der Waals surface area contributed by atoms with Crippen molar-refractivity contribution in [2.24, 2.45) is 5.73 Å². The van der Waals surface area contributed by atoms with Crippen LogP contribution in [0.15, 0.2) is 6.07 Å². The minimum atomic E-state index is -0.461. The van der Waals surface area contributed by atoms with E-state index in [1.807, 2.05) is 20.9 Å². The summed E-state index contributed by atoms with van der Waals surface area (Å²) in [5.41, 5.74) is 11.5. The molecule has 0 saturated carbocycles. The highest BCUT2D eigenvalue weighted by molar-refractivity contribution is 5.74. The van der Waals surface area contributed by atoms with E-state index in [1.54, 1.807) is 7.11 Å². The number of hydrogen-bond acceptors (Lipinski definition) is 10. The predicted molar refractivity (Wildman–Crippen MR) is 137 cm³/mol. The number of rotatable bonds is 3. The van der Waals surface area contributed by atoms with Gasteiger partial charge in [-0.15, -0.1) is 0 Å². The largest absolute Gasteiger partial charge is 0.504 e. The number of ether oxygens (including phenoxy) is 4. The van der Waals surface area contributed by atoms with Crippen LogP contribution in [0.4, 0.5) is 0 Å². The number of likely N-dealkylation sites (N-methyl/N-ethyl adjacent to an activating group) is 1. The molecule has 0 aliphatic carbocycles. The van der Waals surface area contributed by atoms with Crippen LogP contribution in [0.5, 0.6) is 28.7 Å². The molecule has 2 bridgehead atoms. The molecule has 3 N–H and O–H groups in total. The number of methoxy groups -OCH3 is 1. The van der Waals surface area contributed by atoms with Crippen molar-refractivity contribution in [3.8, 4) is 34.8 Å². The van der Waals surface area contributed by atoms with Crippen LogP contribution in [0.1, 0.15) is 52.4 Å². The van der Waals surface area contributed by atoms with E-state index in [2.05, 4.69) is 21.9 Å². The van der Waals surface area contributed by atoms with E-state index in [0.29, 0.717) is 41.4 Å². The van der Waals surface area contributed by atoms with Crippen molar-refractivity contribution in [2.45, 2.75) is 63.8 Å². The number of nitrogens with zero attached hydrogens (tertiary/aromatic N) is 3. The van der Waals surface area contributed by atoms with Crippen molar-refractivity contribution < 1.29 is 28.8 Å². The van der Waals surface area contributed by atoms with E-state index in [1.165, 1.54) is 6.92 Å². The van der Waals surface area contributed by atoms with Crippen LogP contribution < -0.4 is 24.7 Å². The summed E-state index contributed by atoms with van der Waals surface area (Å²) in [7, 11) is 3.57. The lowest BCUT2D eigenvalue weighted by Crippen LogP contribution is -2.68. The lowest BCUT2D eigenvalue weighted by atomic mass is 9.71. The number of benzene rings is 2. The monoisotopic (exact) mass is 520 g/mol. The molecule has 1 saturated heterocycles. The first-order valence-corrected chi connectivity index (χ1v) is 12.8. The Morgan fingerprint density at radius 3 is 2.61 bits per heavy atom. The molecule has 0 aromatic heterocycles. The molecule has 0 radical (unpaired) electrons. The summed E-state index contributed by atoms with van der Waals surface area (Å²) in [6, 6.07) is 3.20. The van der Waals surface area contributed by atoms with Crippen molar-refractivity contribution in [2.75, 3.05) is 27.5 Å². The summed E-state index contributed by atoms with van der Waals surface area (Å²) in [5, 5.41) is 22.0. The van der Waals surface area contributed by atoms with Gasteiger partial charge in [0.1, 0.15) is 11.8 Å². The third-order valence-corrected chi connectivity index (χ3v) is 8.73. The molecule has 2 aromatic rings. The van der Waals surface area contributed by atoms with Crippen LogP contribution in [0.2, 0.25) is 0 Å². The van der Waals surface area contributed by atoms with Gasteiger partial charge in [-0.25, -0.2) is 0 Å². The standard InChI is InChI=1S/C28H32N4O6/c1-12-6-15-7-17-19(9-29)32-18(23(31(17)4)21(15)24(34)25(12)35-5)8-16-22(20(32)10-30)28-27(36-11-37-28)13(2)26(16)38-14(3)33/h6,17-20,23,34H,7-8,10-11,30H2,1-5H3/t17-,18?,19+,20+,23+/m1/s1. The summed E-state index contributed by atoms with van der Waals surface area (Å²) in [6.45, 7) is 5.42. The highest BCUT2D eigenvalue weighted by Gasteiger charge is 2.56. The molecule has 0 spiro atoms. The lowest BCUT2D eigenvalue weighted by molar-refractivity contribution is -0.132. The molecule has 10 heteroatoms. The van der Waals surface area contributed by atoms with Gasteiger partial charge in [-0.3, -0.25) is 14.6 Å². The van der Waals surface area contributed by atoms with E-state index in [4.69, 9.17) is 24.7 Å². The Balaban J connectivity index is 1.62. The third-order valence-electron chi connectivity index (χ3n) is 8.73. The van der Waals surface area contributed by atoms with Crippen molar-refractivity contribution in [1.29, 1.82) is 5.26 Å². The molecule has 0 amide bonds. The number of nitrogens with two attached hydrogens (primary N) is 1. The average Bonchev–Trinajstić information content (AvgIpc) is 3.36. The molecule has 1 fully saturated rings. The zero-order chi connectivity index (χ0) is 27.0. The highest BCUT2D eigenvalue weighted by atomic mass is 16.7. The van der Waals surface area contributed by atoms with Crippen LogP contribution in [-0.4, -0.2) is 66.5 Å². The van der Waals surface area contributed by atoms with Gasteiger partial charge in [-0.05, 0) is 44.9 Å². The number of carbonyl (C=O) groups is 1. The second-order valence-corrected chi connectivity index (χ2v) is 10.6. The number of aromatic hydroxyl groups is 1. The Kier molecular flexibility index (Phi) is 5.72. The minimum absolute atomic E-state index is 0.0585.